The zero-order valence-electron chi connectivity index (χ0n) is 4.31. The summed E-state index contributed by atoms with van der Waals surface area (Å²) in [5, 5.41) is 0. The van der Waals surface area contributed by atoms with Crippen LogP contribution in [0.5, 0.6) is 0 Å². The van der Waals surface area contributed by atoms with Gasteiger partial charge in [0.05, 0.1) is 7.11 Å². The number of hydrogen-bond acceptors (Lipinski definition) is 3. The molecule has 0 saturated heterocycles. The van der Waals surface area contributed by atoms with Crippen LogP contribution >= 0.6 is 0 Å². The molecule has 0 aromatic rings. The predicted octanol–water partition coefficient (Wildman–Crippen LogP) is 1.21. The summed E-state index contributed by atoms with van der Waals surface area (Å²) in [6.45, 7) is 2.65. The molecule has 0 amide bonds. The van der Waals surface area contributed by atoms with Crippen molar-refractivity contribution < 1.29 is 18.7 Å². The van der Waals surface area contributed by atoms with Gasteiger partial charge in [-0.3, -0.25) is 0 Å². The lowest BCUT2D eigenvalue weighted by molar-refractivity contribution is 0.0800. The van der Waals surface area contributed by atoms with Crippen LogP contribution in [0, 0.1) is 0 Å². The molecule has 0 aliphatic carbocycles. The standard InChI is InChI=1S/C4H5FO3/c1-3(5)8-4(6)7-2/h1H2,2H3. The molecule has 0 fully saturated rings. The normalized spacial score (nSPS) is 7.75. The van der Waals surface area contributed by atoms with Gasteiger partial charge in [-0.15, -0.1) is 0 Å². The number of carbonyl (C=O) groups excluding carboxylic acids is 1. The van der Waals surface area contributed by atoms with E-state index in [1.165, 1.54) is 0 Å². The lowest BCUT2D eigenvalue weighted by atomic mass is 11.1. The first-order chi connectivity index (χ1) is 3.66. The molecule has 0 rings (SSSR count). The summed E-state index contributed by atoms with van der Waals surface area (Å²) >= 11 is 0. The zero-order chi connectivity index (χ0) is 6.57. The van der Waals surface area contributed by atoms with Crippen molar-refractivity contribution in [2.75, 3.05) is 7.11 Å². The molecule has 4 heteroatoms. The summed E-state index contributed by atoms with van der Waals surface area (Å²) in [5.74, 6) is 0. The third-order valence-corrected chi connectivity index (χ3v) is 0.361. The van der Waals surface area contributed by atoms with Crippen molar-refractivity contribution in [1.82, 2.24) is 0 Å². The molecule has 0 atom stereocenters. The Morgan fingerprint density at radius 1 is 1.75 bits per heavy atom. The Balaban J connectivity index is 3.40. The van der Waals surface area contributed by atoms with Crippen LogP contribution in [0.25, 0.3) is 0 Å². The molecule has 0 heterocycles. The Morgan fingerprint density at radius 3 is 2.38 bits per heavy atom. The Labute approximate surface area is 45.7 Å². The first-order valence-corrected chi connectivity index (χ1v) is 1.77. The number of methoxy groups -OCH3 is 1. The molecule has 3 nitrogen and oxygen atoms in total. The zero-order valence-corrected chi connectivity index (χ0v) is 4.31. The first kappa shape index (κ1) is 6.94. The number of ether oxygens (including phenoxy) is 2. The van der Waals surface area contributed by atoms with E-state index in [1.54, 1.807) is 0 Å². The summed E-state index contributed by atoms with van der Waals surface area (Å²) in [4.78, 5) is 9.88. The molecule has 0 saturated carbocycles. The average molecular weight is 120 g/mol. The van der Waals surface area contributed by atoms with Crippen LogP contribution in [0.1, 0.15) is 0 Å². The highest BCUT2D eigenvalue weighted by molar-refractivity contribution is 5.60. The number of carbonyl (C=O) groups is 1. The molecular weight excluding hydrogens is 115 g/mol. The Morgan fingerprint density at radius 2 is 2.25 bits per heavy atom. The molecule has 0 radical (unpaired) electrons. The largest absolute Gasteiger partial charge is 0.515 e. The SMILES string of the molecule is C=C(F)OC(=O)OC. The van der Waals surface area contributed by atoms with Gasteiger partial charge in [0.25, 0.3) is 6.01 Å². The van der Waals surface area contributed by atoms with Gasteiger partial charge < -0.3 is 9.47 Å². The van der Waals surface area contributed by atoms with Crippen molar-refractivity contribution in [2.45, 2.75) is 0 Å². The first-order valence-electron chi connectivity index (χ1n) is 1.77. The fourth-order valence-electron chi connectivity index (χ4n) is 0.132. The number of rotatable bonds is 1. The van der Waals surface area contributed by atoms with Gasteiger partial charge in [-0.25, -0.2) is 4.79 Å². The van der Waals surface area contributed by atoms with Gasteiger partial charge in [0.15, 0.2) is 0 Å². The number of hydrogen-bond donors (Lipinski definition) is 0. The topological polar surface area (TPSA) is 35.5 Å². The van der Waals surface area contributed by atoms with E-state index in [4.69, 9.17) is 0 Å². The van der Waals surface area contributed by atoms with Gasteiger partial charge in [-0.2, -0.15) is 4.39 Å². The minimum atomic E-state index is -1.17. The van der Waals surface area contributed by atoms with E-state index in [0.717, 1.165) is 7.11 Å². The molecule has 0 aromatic carbocycles. The lowest BCUT2D eigenvalue weighted by Crippen LogP contribution is -2.00. The third kappa shape index (κ3) is 3.14. The maximum absolute atomic E-state index is 11.4. The molecule has 0 unspecified atom stereocenters. The van der Waals surface area contributed by atoms with Gasteiger partial charge in [0.1, 0.15) is 0 Å². The minimum Gasteiger partial charge on any atom is -0.437 e. The van der Waals surface area contributed by atoms with Crippen LogP contribution in [0.3, 0.4) is 0 Å². The van der Waals surface area contributed by atoms with E-state index in [1.807, 2.05) is 0 Å². The Hall–Kier alpha value is -1.06. The number of halogens is 1. The maximum atomic E-state index is 11.4. The van der Waals surface area contributed by atoms with Gasteiger partial charge in [-0.1, -0.05) is 0 Å². The average Bonchev–Trinajstić information content (AvgIpc) is 1.65. The van der Waals surface area contributed by atoms with Crippen LogP contribution in [-0.4, -0.2) is 13.3 Å². The molecule has 0 bridgehead atoms. The van der Waals surface area contributed by atoms with E-state index in [2.05, 4.69) is 16.1 Å². The fraction of sp³-hybridized carbons (Fsp3) is 0.250. The van der Waals surface area contributed by atoms with E-state index in [-0.39, 0.29) is 0 Å². The van der Waals surface area contributed by atoms with Crippen LogP contribution in [-0.2, 0) is 9.47 Å². The van der Waals surface area contributed by atoms with E-state index < -0.39 is 12.2 Å². The molecule has 8 heavy (non-hydrogen) atoms. The van der Waals surface area contributed by atoms with Gasteiger partial charge in [0.2, 0.25) is 0 Å². The highest BCUT2D eigenvalue weighted by Gasteiger charge is 2.00. The molecular formula is C4H5FO3. The summed E-state index contributed by atoms with van der Waals surface area (Å²) < 4.78 is 19.0. The second kappa shape index (κ2) is 3.01. The second-order valence-corrected chi connectivity index (χ2v) is 0.911. The Kier molecular flexibility index (Phi) is 2.61. The Bertz CT molecular complexity index is 110. The molecule has 46 valence electrons. The molecule has 0 N–H and O–H groups in total. The second-order valence-electron chi connectivity index (χ2n) is 0.911. The van der Waals surface area contributed by atoms with Crippen molar-refractivity contribution in [3.8, 4) is 0 Å². The van der Waals surface area contributed by atoms with Crippen molar-refractivity contribution in [1.29, 1.82) is 0 Å². The van der Waals surface area contributed by atoms with Crippen LogP contribution < -0.4 is 0 Å². The van der Waals surface area contributed by atoms with Gasteiger partial charge in [0, 0.05) is 0 Å². The summed E-state index contributed by atoms with van der Waals surface area (Å²) in [6.07, 6.45) is -1.10. The van der Waals surface area contributed by atoms with Crippen LogP contribution in [0.2, 0.25) is 0 Å². The summed E-state index contributed by atoms with van der Waals surface area (Å²) in [7, 11) is 1.07. The molecule has 0 spiro atoms. The molecule has 0 aliphatic heterocycles. The van der Waals surface area contributed by atoms with Crippen LogP contribution in [0.4, 0.5) is 9.18 Å². The maximum Gasteiger partial charge on any atom is 0.515 e. The molecule has 0 aliphatic rings. The fourth-order valence-corrected chi connectivity index (χ4v) is 0.132. The smallest absolute Gasteiger partial charge is 0.437 e. The van der Waals surface area contributed by atoms with Gasteiger partial charge in [-0.05, 0) is 6.58 Å². The molecule has 0 aromatic heterocycles. The van der Waals surface area contributed by atoms with Crippen molar-refractivity contribution in [2.24, 2.45) is 0 Å². The van der Waals surface area contributed by atoms with E-state index >= 15 is 0 Å². The highest BCUT2D eigenvalue weighted by Crippen LogP contribution is 1.94. The summed E-state index contributed by atoms with van der Waals surface area (Å²) in [6, 6.07) is -1.17. The highest BCUT2D eigenvalue weighted by atomic mass is 19.1. The van der Waals surface area contributed by atoms with Crippen molar-refractivity contribution in [3.63, 3.8) is 0 Å². The predicted molar refractivity (Wildman–Crippen MR) is 23.7 cm³/mol. The van der Waals surface area contributed by atoms with Gasteiger partial charge >= 0.3 is 6.16 Å². The minimum absolute atomic E-state index is 1.07. The monoisotopic (exact) mass is 120 g/mol. The summed E-state index contributed by atoms with van der Waals surface area (Å²) in [5.41, 5.74) is 0. The van der Waals surface area contributed by atoms with Crippen molar-refractivity contribution in [3.05, 3.63) is 12.6 Å². The van der Waals surface area contributed by atoms with Crippen molar-refractivity contribution >= 4 is 6.16 Å². The van der Waals surface area contributed by atoms with Crippen LogP contribution in [0.15, 0.2) is 12.6 Å². The third-order valence-electron chi connectivity index (χ3n) is 0.361. The van der Waals surface area contributed by atoms with E-state index in [0.29, 0.717) is 0 Å². The quantitative estimate of drug-likeness (QED) is 0.385. The van der Waals surface area contributed by atoms with E-state index in [9.17, 15) is 9.18 Å². The lowest BCUT2D eigenvalue weighted by Gasteiger charge is -1.94.